The lowest BCUT2D eigenvalue weighted by Gasteiger charge is -2.09. The van der Waals surface area contributed by atoms with Crippen LogP contribution in [-0.2, 0) is 4.79 Å². The highest BCUT2D eigenvalue weighted by Gasteiger charge is 2.01. The van der Waals surface area contributed by atoms with Gasteiger partial charge in [0.25, 0.3) is 0 Å². The number of hydrogen-bond acceptors (Lipinski definition) is 1. The van der Waals surface area contributed by atoms with Crippen molar-refractivity contribution >= 4 is 6.29 Å². The van der Waals surface area contributed by atoms with Crippen LogP contribution in [0.3, 0.4) is 0 Å². The predicted molar refractivity (Wildman–Crippen MR) is 53.2 cm³/mol. The van der Waals surface area contributed by atoms with E-state index in [2.05, 4.69) is 20.8 Å². The molecule has 0 aliphatic carbocycles. The molecule has 0 aliphatic rings. The Morgan fingerprint density at radius 3 is 2.25 bits per heavy atom. The largest absolute Gasteiger partial charge is 0.303 e. The summed E-state index contributed by atoms with van der Waals surface area (Å²) in [6.07, 6.45) is 6.76. The third-order valence-corrected chi connectivity index (χ3v) is 2.26. The molecule has 12 heavy (non-hydrogen) atoms. The van der Waals surface area contributed by atoms with E-state index in [4.69, 9.17) is 0 Å². The summed E-state index contributed by atoms with van der Waals surface area (Å²) in [5.74, 6) is 1.55. The lowest BCUT2D eigenvalue weighted by molar-refractivity contribution is -0.108. The Morgan fingerprint density at radius 2 is 1.75 bits per heavy atom. The van der Waals surface area contributed by atoms with E-state index in [9.17, 15) is 4.79 Å². The van der Waals surface area contributed by atoms with Crippen molar-refractivity contribution in [3.8, 4) is 0 Å². The number of hydrogen-bond donors (Lipinski definition) is 0. The van der Waals surface area contributed by atoms with Crippen LogP contribution < -0.4 is 0 Å². The Balaban J connectivity index is 3.18. The van der Waals surface area contributed by atoms with E-state index in [0.29, 0.717) is 0 Å². The molecule has 0 aromatic rings. The first-order valence-corrected chi connectivity index (χ1v) is 5.10. The van der Waals surface area contributed by atoms with Gasteiger partial charge in [-0.05, 0) is 18.3 Å². The van der Waals surface area contributed by atoms with E-state index >= 15 is 0 Å². The number of rotatable bonds is 7. The van der Waals surface area contributed by atoms with Gasteiger partial charge in [0.1, 0.15) is 6.29 Å². The van der Waals surface area contributed by atoms with E-state index in [0.717, 1.165) is 31.0 Å². The van der Waals surface area contributed by atoms with Crippen LogP contribution in [0.15, 0.2) is 0 Å². The average molecular weight is 170 g/mol. The van der Waals surface area contributed by atoms with Gasteiger partial charge in [-0.2, -0.15) is 0 Å². The molecule has 1 atom stereocenters. The maximum Gasteiger partial charge on any atom is 0.120 e. The van der Waals surface area contributed by atoms with Crippen LogP contribution in [0.25, 0.3) is 0 Å². The molecule has 0 amide bonds. The van der Waals surface area contributed by atoms with E-state index in [1.54, 1.807) is 0 Å². The summed E-state index contributed by atoms with van der Waals surface area (Å²) in [5, 5.41) is 0. The summed E-state index contributed by atoms with van der Waals surface area (Å²) in [6.45, 7) is 6.76. The second-order valence-corrected chi connectivity index (χ2v) is 4.17. The molecule has 0 aromatic carbocycles. The summed E-state index contributed by atoms with van der Waals surface area (Å²) in [5.41, 5.74) is 0. The smallest absolute Gasteiger partial charge is 0.120 e. The second kappa shape index (κ2) is 7.33. The molecule has 1 heteroatoms. The molecular weight excluding hydrogens is 148 g/mol. The molecule has 0 aliphatic heterocycles. The van der Waals surface area contributed by atoms with Crippen LogP contribution in [0.5, 0.6) is 0 Å². The Bertz CT molecular complexity index is 108. The molecule has 0 saturated heterocycles. The highest BCUT2D eigenvalue weighted by atomic mass is 16.1. The molecule has 72 valence electrons. The normalized spacial score (nSPS) is 13.3. The highest BCUT2D eigenvalue weighted by Crippen LogP contribution is 2.15. The summed E-state index contributed by atoms with van der Waals surface area (Å²) in [4.78, 5) is 10.1. The third-order valence-electron chi connectivity index (χ3n) is 2.26. The highest BCUT2D eigenvalue weighted by molar-refractivity contribution is 5.49. The first kappa shape index (κ1) is 11.7. The second-order valence-electron chi connectivity index (χ2n) is 4.17. The van der Waals surface area contributed by atoms with E-state index in [-0.39, 0.29) is 0 Å². The maximum atomic E-state index is 10.1. The molecule has 1 nitrogen and oxygen atoms in total. The zero-order valence-electron chi connectivity index (χ0n) is 8.68. The van der Waals surface area contributed by atoms with Gasteiger partial charge in [-0.3, -0.25) is 0 Å². The Morgan fingerprint density at radius 1 is 1.08 bits per heavy atom. The van der Waals surface area contributed by atoms with Crippen LogP contribution in [0.2, 0.25) is 0 Å². The van der Waals surface area contributed by atoms with Crippen LogP contribution in [-0.4, -0.2) is 6.29 Å². The molecule has 0 heterocycles. The summed E-state index contributed by atoms with van der Waals surface area (Å²) in [7, 11) is 0. The summed E-state index contributed by atoms with van der Waals surface area (Å²) >= 11 is 0. The zero-order valence-corrected chi connectivity index (χ0v) is 8.68. The number of carbonyl (C=O) groups is 1. The van der Waals surface area contributed by atoms with Gasteiger partial charge in [0.2, 0.25) is 0 Å². The van der Waals surface area contributed by atoms with E-state index in [1.807, 2.05) is 0 Å². The fraction of sp³-hybridized carbons (Fsp3) is 0.909. The lowest BCUT2D eigenvalue weighted by atomic mass is 9.96. The van der Waals surface area contributed by atoms with Gasteiger partial charge in [-0.25, -0.2) is 0 Å². The quantitative estimate of drug-likeness (QED) is 0.535. The van der Waals surface area contributed by atoms with Gasteiger partial charge in [-0.1, -0.05) is 40.0 Å². The van der Waals surface area contributed by atoms with Crippen molar-refractivity contribution in [2.24, 2.45) is 11.8 Å². The molecule has 0 fully saturated rings. The van der Waals surface area contributed by atoms with Crippen LogP contribution in [0, 0.1) is 11.8 Å². The third kappa shape index (κ3) is 7.77. The minimum atomic E-state index is 0.731. The average Bonchev–Trinajstić information content (AvgIpc) is 2.00. The van der Waals surface area contributed by atoms with E-state index < -0.39 is 0 Å². The van der Waals surface area contributed by atoms with Crippen molar-refractivity contribution in [2.75, 3.05) is 0 Å². The Labute approximate surface area is 76.6 Å². The van der Waals surface area contributed by atoms with Gasteiger partial charge < -0.3 is 4.79 Å². The minimum absolute atomic E-state index is 0.731. The maximum absolute atomic E-state index is 10.1. The molecule has 0 spiro atoms. The number of carbonyl (C=O) groups excluding carboxylic acids is 1. The van der Waals surface area contributed by atoms with Crippen molar-refractivity contribution in [2.45, 2.75) is 52.9 Å². The molecule has 0 saturated carbocycles. The van der Waals surface area contributed by atoms with Crippen LogP contribution in [0.4, 0.5) is 0 Å². The zero-order chi connectivity index (χ0) is 9.40. The van der Waals surface area contributed by atoms with Crippen molar-refractivity contribution < 1.29 is 4.79 Å². The monoisotopic (exact) mass is 170 g/mol. The van der Waals surface area contributed by atoms with Crippen LogP contribution in [0.1, 0.15) is 52.9 Å². The molecule has 0 bridgehead atoms. The first-order chi connectivity index (χ1) is 5.66. The van der Waals surface area contributed by atoms with Gasteiger partial charge in [0.05, 0.1) is 0 Å². The summed E-state index contributed by atoms with van der Waals surface area (Å²) in [6, 6.07) is 0. The molecule has 1 unspecified atom stereocenters. The predicted octanol–water partition coefficient (Wildman–Crippen LogP) is 3.43. The van der Waals surface area contributed by atoms with Crippen molar-refractivity contribution in [3.05, 3.63) is 0 Å². The summed E-state index contributed by atoms with van der Waals surface area (Å²) < 4.78 is 0. The van der Waals surface area contributed by atoms with Gasteiger partial charge in [-0.15, -0.1) is 0 Å². The Hall–Kier alpha value is -0.330. The molecular formula is C11H22O. The van der Waals surface area contributed by atoms with Crippen molar-refractivity contribution in [1.29, 1.82) is 0 Å². The van der Waals surface area contributed by atoms with Gasteiger partial charge >= 0.3 is 0 Å². The fourth-order valence-electron chi connectivity index (χ4n) is 1.37. The molecule has 0 rings (SSSR count). The van der Waals surface area contributed by atoms with Gasteiger partial charge in [0.15, 0.2) is 0 Å². The van der Waals surface area contributed by atoms with Crippen molar-refractivity contribution in [1.82, 2.24) is 0 Å². The van der Waals surface area contributed by atoms with Crippen molar-refractivity contribution in [3.63, 3.8) is 0 Å². The van der Waals surface area contributed by atoms with Gasteiger partial charge in [0, 0.05) is 6.42 Å². The van der Waals surface area contributed by atoms with E-state index in [1.165, 1.54) is 19.3 Å². The SMILES string of the molecule is CC(C)CCCC(C)CCC=O. The van der Waals surface area contributed by atoms with Crippen LogP contribution >= 0.6 is 0 Å². The molecule has 0 radical (unpaired) electrons. The lowest BCUT2D eigenvalue weighted by Crippen LogP contribution is -1.96. The first-order valence-electron chi connectivity index (χ1n) is 5.10. The Kier molecular flexibility index (Phi) is 7.12. The topological polar surface area (TPSA) is 17.1 Å². The standard InChI is InChI=1S/C11H22O/c1-10(2)6-4-7-11(3)8-5-9-12/h9-11H,4-8H2,1-3H3. The molecule has 0 aromatic heterocycles. The minimum Gasteiger partial charge on any atom is -0.303 e. The fourth-order valence-corrected chi connectivity index (χ4v) is 1.37. The molecule has 0 N–H and O–H groups in total. The number of aldehydes is 1.